The van der Waals surface area contributed by atoms with Gasteiger partial charge in [-0.15, -0.1) is 0 Å². The maximum Gasteiger partial charge on any atom is 0.272 e. The van der Waals surface area contributed by atoms with Gasteiger partial charge in [0.1, 0.15) is 24.4 Å². The Morgan fingerprint density at radius 2 is 1.78 bits per heavy atom. The Hall–Kier alpha value is 0.140. The first-order valence-electron chi connectivity index (χ1n) is 4.86. The molecule has 18 heavy (non-hydrogen) atoms. The van der Waals surface area contributed by atoms with Crippen molar-refractivity contribution in [1.29, 1.82) is 0 Å². The van der Waals surface area contributed by atoms with Gasteiger partial charge in [-0.05, 0) is 0 Å². The molecule has 0 radical (unpaired) electrons. The Morgan fingerprint density at radius 3 is 2.22 bits per heavy atom. The third-order valence-electron chi connectivity index (χ3n) is 2.46. The van der Waals surface area contributed by atoms with Crippen LogP contribution in [0.15, 0.2) is 0 Å². The molecule has 0 aromatic carbocycles. The van der Waals surface area contributed by atoms with Gasteiger partial charge in [0, 0.05) is 0 Å². The number of carbonyl (C=O) groups is 1. The van der Waals surface area contributed by atoms with Gasteiger partial charge in [0.15, 0.2) is 6.29 Å². The summed E-state index contributed by atoms with van der Waals surface area (Å²) < 4.78 is 2.52. The van der Waals surface area contributed by atoms with Crippen LogP contribution in [0.3, 0.4) is 0 Å². The number of nitrogens with one attached hydrogen (secondary N) is 1. The van der Waals surface area contributed by atoms with Crippen LogP contribution in [0.25, 0.3) is 0 Å². The molecule has 1 amide bonds. The number of ether oxygens (including phenoxy) is 1. The summed E-state index contributed by atoms with van der Waals surface area (Å²) in [7, 11) is 0. The number of aliphatic hydroxyl groups is 4. The average molecular weight is 325 g/mol. The molecule has 7 nitrogen and oxygen atoms in total. The van der Waals surface area contributed by atoms with Crippen LogP contribution >= 0.6 is 34.8 Å². The van der Waals surface area contributed by atoms with E-state index in [1.807, 2.05) is 5.32 Å². The molecule has 0 spiro atoms. The second-order valence-corrected chi connectivity index (χ2v) is 6.01. The molecule has 1 rings (SSSR count). The lowest BCUT2D eigenvalue weighted by Gasteiger charge is -2.40. The van der Waals surface area contributed by atoms with E-state index >= 15 is 0 Å². The molecule has 0 bridgehead atoms. The third-order valence-corrected chi connectivity index (χ3v) is 2.97. The second-order valence-electron chi connectivity index (χ2n) is 3.73. The molecule has 1 unspecified atom stereocenters. The smallest absolute Gasteiger partial charge is 0.272 e. The zero-order valence-electron chi connectivity index (χ0n) is 8.83. The molecule has 0 saturated carbocycles. The Kier molecular flexibility index (Phi) is 5.45. The summed E-state index contributed by atoms with van der Waals surface area (Å²) in [6.07, 6.45) is -5.91. The van der Waals surface area contributed by atoms with Crippen LogP contribution in [0.1, 0.15) is 0 Å². The number of amides is 1. The third kappa shape index (κ3) is 3.58. The zero-order chi connectivity index (χ0) is 14.1. The van der Waals surface area contributed by atoms with E-state index < -0.39 is 47.0 Å². The summed E-state index contributed by atoms with van der Waals surface area (Å²) in [4.78, 5) is 11.4. The van der Waals surface area contributed by atoms with Crippen LogP contribution in [0.5, 0.6) is 0 Å². The molecule has 1 aliphatic heterocycles. The first kappa shape index (κ1) is 16.2. The molecule has 1 fully saturated rings. The van der Waals surface area contributed by atoms with E-state index in [2.05, 4.69) is 0 Å². The van der Waals surface area contributed by atoms with E-state index in [4.69, 9.17) is 44.6 Å². The quantitative estimate of drug-likeness (QED) is 0.385. The van der Waals surface area contributed by atoms with Gasteiger partial charge in [0.25, 0.3) is 9.70 Å². The molecule has 106 valence electrons. The highest BCUT2D eigenvalue weighted by Crippen LogP contribution is 2.27. The van der Waals surface area contributed by atoms with Crippen molar-refractivity contribution < 1.29 is 30.0 Å². The average Bonchev–Trinajstić information content (AvgIpc) is 2.27. The molecule has 1 saturated heterocycles. The SMILES string of the molecule is O=C(N[C@H]1C(O)O[C@H](CO)[C@H](O)[C@@H]1O)C(Cl)(Cl)Cl. The molecule has 0 aromatic heterocycles. The molecule has 0 aromatic rings. The fraction of sp³-hybridized carbons (Fsp3) is 0.875. The van der Waals surface area contributed by atoms with E-state index in [0.717, 1.165) is 0 Å². The second kappa shape index (κ2) is 6.06. The molecular formula is C8H12Cl3NO6. The minimum absolute atomic E-state index is 0.611. The highest BCUT2D eigenvalue weighted by atomic mass is 35.6. The fourth-order valence-electron chi connectivity index (χ4n) is 1.49. The highest BCUT2D eigenvalue weighted by Gasteiger charge is 2.46. The number of halogens is 3. The normalized spacial score (nSPS) is 37.4. The maximum atomic E-state index is 11.4. The number of carbonyl (C=O) groups excluding carboxylic acids is 1. The van der Waals surface area contributed by atoms with Crippen LogP contribution in [-0.2, 0) is 9.53 Å². The van der Waals surface area contributed by atoms with Crippen LogP contribution in [0.4, 0.5) is 0 Å². The number of alkyl halides is 3. The summed E-state index contributed by atoms with van der Waals surface area (Å²) in [5, 5.41) is 39.6. The largest absolute Gasteiger partial charge is 0.394 e. The van der Waals surface area contributed by atoms with Crippen LogP contribution in [0, 0.1) is 0 Å². The first-order chi connectivity index (χ1) is 8.18. The lowest BCUT2D eigenvalue weighted by Crippen LogP contribution is -2.65. The fourth-order valence-corrected chi connectivity index (χ4v) is 1.65. The van der Waals surface area contributed by atoms with Crippen LogP contribution in [-0.4, -0.2) is 67.4 Å². The number of aliphatic hydroxyl groups excluding tert-OH is 4. The molecule has 10 heteroatoms. The molecule has 5 atom stereocenters. The van der Waals surface area contributed by atoms with Crippen LogP contribution in [0.2, 0.25) is 0 Å². The monoisotopic (exact) mass is 323 g/mol. The van der Waals surface area contributed by atoms with Gasteiger partial charge in [0.2, 0.25) is 0 Å². The zero-order valence-corrected chi connectivity index (χ0v) is 11.1. The Labute approximate surface area is 117 Å². The predicted molar refractivity (Wildman–Crippen MR) is 62.2 cm³/mol. The molecular weight excluding hydrogens is 312 g/mol. The first-order valence-corrected chi connectivity index (χ1v) is 6.00. The Morgan fingerprint density at radius 1 is 1.22 bits per heavy atom. The summed E-state index contributed by atoms with van der Waals surface area (Å²) in [6.45, 7) is -0.611. The standard InChI is InChI=1S/C8H12Cl3NO6/c9-8(10,11)7(17)12-3-5(15)4(14)2(1-13)18-6(3)16/h2-6,13-16H,1H2,(H,12,17)/t2-,3-,4+,5-,6?/m1/s1. The minimum atomic E-state index is -2.28. The molecule has 1 aliphatic rings. The van der Waals surface area contributed by atoms with E-state index in [1.165, 1.54) is 0 Å². The Bertz CT molecular complexity index is 312. The van der Waals surface area contributed by atoms with Crippen molar-refractivity contribution in [3.8, 4) is 0 Å². The lowest BCUT2D eigenvalue weighted by atomic mass is 9.97. The Balaban J connectivity index is 2.74. The number of hydrogen-bond acceptors (Lipinski definition) is 6. The van der Waals surface area contributed by atoms with Gasteiger partial charge in [-0.25, -0.2) is 0 Å². The van der Waals surface area contributed by atoms with E-state index in [9.17, 15) is 20.1 Å². The van der Waals surface area contributed by atoms with Gasteiger partial charge in [-0.2, -0.15) is 0 Å². The predicted octanol–water partition coefficient (Wildman–Crippen LogP) is -1.73. The van der Waals surface area contributed by atoms with Crippen molar-refractivity contribution >= 4 is 40.7 Å². The molecule has 5 N–H and O–H groups in total. The van der Waals surface area contributed by atoms with E-state index in [-0.39, 0.29) is 0 Å². The summed E-state index contributed by atoms with van der Waals surface area (Å²) >= 11 is 15.9. The van der Waals surface area contributed by atoms with Crippen molar-refractivity contribution in [1.82, 2.24) is 5.32 Å². The highest BCUT2D eigenvalue weighted by molar-refractivity contribution is 6.76. The number of rotatable bonds is 2. The lowest BCUT2D eigenvalue weighted by molar-refractivity contribution is -0.253. The van der Waals surface area contributed by atoms with Crippen molar-refractivity contribution in [3.63, 3.8) is 0 Å². The molecule has 1 heterocycles. The van der Waals surface area contributed by atoms with E-state index in [1.54, 1.807) is 0 Å². The van der Waals surface area contributed by atoms with Gasteiger partial charge in [0.05, 0.1) is 6.61 Å². The van der Waals surface area contributed by atoms with Crippen molar-refractivity contribution in [2.75, 3.05) is 6.61 Å². The van der Waals surface area contributed by atoms with E-state index in [0.29, 0.717) is 0 Å². The topological polar surface area (TPSA) is 119 Å². The van der Waals surface area contributed by atoms with Gasteiger partial charge < -0.3 is 30.5 Å². The van der Waals surface area contributed by atoms with Crippen molar-refractivity contribution in [3.05, 3.63) is 0 Å². The van der Waals surface area contributed by atoms with Crippen molar-refractivity contribution in [2.45, 2.75) is 34.4 Å². The number of hydrogen-bond donors (Lipinski definition) is 5. The van der Waals surface area contributed by atoms with Gasteiger partial charge >= 0.3 is 0 Å². The summed E-state index contributed by atoms with van der Waals surface area (Å²) in [5.74, 6) is -1.09. The van der Waals surface area contributed by atoms with Crippen LogP contribution < -0.4 is 5.32 Å². The maximum absolute atomic E-state index is 11.4. The summed E-state index contributed by atoms with van der Waals surface area (Å²) in [6, 6.07) is -1.38. The van der Waals surface area contributed by atoms with Gasteiger partial charge in [-0.3, -0.25) is 4.79 Å². The van der Waals surface area contributed by atoms with Crippen molar-refractivity contribution in [2.24, 2.45) is 0 Å². The van der Waals surface area contributed by atoms with Gasteiger partial charge in [-0.1, -0.05) is 34.8 Å². The minimum Gasteiger partial charge on any atom is -0.394 e. The molecule has 0 aliphatic carbocycles. The summed E-state index contributed by atoms with van der Waals surface area (Å²) in [5.41, 5.74) is 0.